The lowest BCUT2D eigenvalue weighted by atomic mass is 9.98. The van der Waals surface area contributed by atoms with Gasteiger partial charge in [-0.2, -0.15) is 13.2 Å². The first-order chi connectivity index (χ1) is 12.3. The summed E-state index contributed by atoms with van der Waals surface area (Å²) in [5.74, 6) is 2.10. The second-order valence-electron chi connectivity index (χ2n) is 5.36. The van der Waals surface area contributed by atoms with Crippen molar-refractivity contribution in [3.63, 3.8) is 0 Å². The molecule has 0 aliphatic carbocycles. The molecule has 0 N–H and O–H groups in total. The number of ether oxygens (including phenoxy) is 2. The Morgan fingerprint density at radius 3 is 1.88 bits per heavy atom. The number of alkyl halides is 3. The van der Waals surface area contributed by atoms with Gasteiger partial charge in [0.1, 0.15) is 12.9 Å². The predicted molar refractivity (Wildman–Crippen MR) is 118 cm³/mol. The van der Waals surface area contributed by atoms with E-state index >= 15 is 0 Å². The third-order valence-corrected chi connectivity index (χ3v) is 5.65. The Labute approximate surface area is 181 Å². The summed E-state index contributed by atoms with van der Waals surface area (Å²) in [5.41, 5.74) is 1.76. The molecule has 0 spiro atoms. The van der Waals surface area contributed by atoms with E-state index in [-0.39, 0.29) is 19.3 Å². The van der Waals surface area contributed by atoms with Crippen LogP contribution in [0.15, 0.2) is 0 Å². The van der Waals surface area contributed by atoms with Gasteiger partial charge in [0.25, 0.3) is 0 Å². The van der Waals surface area contributed by atoms with Crippen LogP contribution in [0.5, 0.6) is 23.0 Å². The minimum Gasteiger partial charge on any atom is -0.490 e. The van der Waals surface area contributed by atoms with Crippen LogP contribution in [0.1, 0.15) is 36.8 Å². The average Bonchev–Trinajstić information content (AvgIpc) is 2.58. The van der Waals surface area contributed by atoms with Crippen LogP contribution in [-0.4, -0.2) is 20.4 Å². The van der Waals surface area contributed by atoms with Crippen LogP contribution in [-0.2, 0) is 6.42 Å². The summed E-state index contributed by atoms with van der Waals surface area (Å²) in [7, 11) is 3.06. The summed E-state index contributed by atoms with van der Waals surface area (Å²) < 4.78 is 59.4. The van der Waals surface area contributed by atoms with E-state index in [0.717, 1.165) is 11.1 Å². The molecule has 0 amide bonds. The van der Waals surface area contributed by atoms with Crippen LogP contribution in [0, 0.1) is 6.92 Å². The number of methoxy groups -OCH3 is 2. The first-order valence-corrected chi connectivity index (χ1v) is 15.7. The second-order valence-corrected chi connectivity index (χ2v) is 8.72. The fourth-order valence-corrected chi connectivity index (χ4v) is 4.54. The first-order valence-electron chi connectivity index (χ1n) is 7.69. The van der Waals surface area contributed by atoms with Crippen molar-refractivity contribution < 1.29 is 31.7 Å². The summed E-state index contributed by atoms with van der Waals surface area (Å²) >= 11 is 4.23. The molecule has 0 radical (unpaired) electrons. The summed E-state index contributed by atoms with van der Waals surface area (Å²) in [4.78, 5) is 0. The molecule has 1 aromatic rings. The monoisotopic (exact) mass is 638 g/mol. The van der Waals surface area contributed by atoms with Gasteiger partial charge in [0.05, 0.1) is 14.2 Å². The maximum atomic E-state index is 12.3. The van der Waals surface area contributed by atoms with Crippen molar-refractivity contribution in [3.05, 3.63) is 11.1 Å². The molecule has 0 aliphatic heterocycles. The van der Waals surface area contributed by atoms with E-state index in [4.69, 9.17) is 18.5 Å². The molecule has 0 saturated carbocycles. The Kier molecular flexibility index (Phi) is 11.5. The van der Waals surface area contributed by atoms with Crippen LogP contribution in [0.2, 0.25) is 0 Å². The molecule has 0 aliphatic rings. The molecule has 150 valence electrons. The van der Waals surface area contributed by atoms with Gasteiger partial charge in [-0.05, 0) is 70.3 Å². The molecule has 11 heteroatoms. The third-order valence-electron chi connectivity index (χ3n) is 3.76. The van der Waals surface area contributed by atoms with Crippen molar-refractivity contribution >= 4 is 57.0 Å². The van der Waals surface area contributed by atoms with E-state index in [1.807, 2.05) is 6.92 Å². The van der Waals surface area contributed by atoms with Gasteiger partial charge < -0.3 is 18.5 Å². The number of benzene rings is 1. The number of hydrogen-bond acceptors (Lipinski definition) is 4. The van der Waals surface area contributed by atoms with Crippen molar-refractivity contribution in [1.82, 2.24) is 0 Å². The molecular formula is C15H21F3I2O4P2. The minimum atomic E-state index is -4.10. The lowest BCUT2D eigenvalue weighted by molar-refractivity contribution is -0.135. The number of hydrogen-bond donors (Lipinski definition) is 0. The molecule has 2 atom stereocenters. The molecule has 1 aromatic carbocycles. The maximum Gasteiger partial charge on any atom is 0.389 e. The fourth-order valence-electron chi connectivity index (χ4n) is 2.60. The number of unbranched alkanes of at least 4 members (excludes halogenated alkanes) is 2. The van der Waals surface area contributed by atoms with E-state index in [1.165, 1.54) is 14.2 Å². The van der Waals surface area contributed by atoms with Crippen LogP contribution in [0.25, 0.3) is 0 Å². The molecule has 0 heterocycles. The molecule has 0 fully saturated rings. The highest BCUT2D eigenvalue weighted by molar-refractivity contribution is 14.2. The lowest BCUT2D eigenvalue weighted by Gasteiger charge is -2.22. The predicted octanol–water partition coefficient (Wildman–Crippen LogP) is 7.32. The van der Waals surface area contributed by atoms with E-state index in [0.29, 0.717) is 42.3 Å². The standard InChI is InChI=1S/C15H21F3I2O4P2/c1-9-10(7-5-4-6-8-15(16,17)18)12(24-26-20)14(22-3)13(21-2)11(9)23-25-19/h25-26H,4-8H2,1-3H3. The van der Waals surface area contributed by atoms with E-state index < -0.39 is 12.6 Å². The topological polar surface area (TPSA) is 36.9 Å². The lowest BCUT2D eigenvalue weighted by Crippen LogP contribution is -2.06. The Bertz CT molecular complexity index is 589. The van der Waals surface area contributed by atoms with Crippen LogP contribution in [0.4, 0.5) is 13.2 Å². The maximum absolute atomic E-state index is 12.3. The molecular weight excluding hydrogens is 617 g/mol. The highest BCUT2D eigenvalue weighted by atomic mass is 127. The highest BCUT2D eigenvalue weighted by Crippen LogP contribution is 2.53. The average molecular weight is 638 g/mol. The van der Waals surface area contributed by atoms with Gasteiger partial charge in [-0.3, -0.25) is 0 Å². The van der Waals surface area contributed by atoms with Crippen molar-refractivity contribution in [2.24, 2.45) is 0 Å². The van der Waals surface area contributed by atoms with Crippen molar-refractivity contribution in [2.75, 3.05) is 14.2 Å². The second kappa shape index (κ2) is 12.2. The molecule has 0 saturated heterocycles. The van der Waals surface area contributed by atoms with Crippen molar-refractivity contribution in [3.8, 4) is 23.0 Å². The molecule has 1 rings (SSSR count). The molecule has 0 aromatic heterocycles. The van der Waals surface area contributed by atoms with Gasteiger partial charge in [-0.25, -0.2) is 0 Å². The summed E-state index contributed by atoms with van der Waals surface area (Å²) in [6.07, 6.45) is -3.03. The van der Waals surface area contributed by atoms with E-state index in [2.05, 4.69) is 44.1 Å². The first kappa shape index (κ1) is 24.6. The Balaban J connectivity index is 3.12. The highest BCUT2D eigenvalue weighted by Gasteiger charge is 2.27. The van der Waals surface area contributed by atoms with E-state index in [1.54, 1.807) is 0 Å². The molecule has 2 unspecified atom stereocenters. The summed E-state index contributed by atoms with van der Waals surface area (Å²) in [5, 5.41) is 0. The molecule has 4 nitrogen and oxygen atoms in total. The zero-order valence-corrected chi connectivity index (χ0v) is 20.9. The summed E-state index contributed by atoms with van der Waals surface area (Å²) in [6, 6.07) is 0. The van der Waals surface area contributed by atoms with Gasteiger partial charge in [0.15, 0.2) is 11.5 Å². The zero-order valence-electron chi connectivity index (χ0n) is 14.6. The van der Waals surface area contributed by atoms with Gasteiger partial charge in [-0.15, -0.1) is 0 Å². The van der Waals surface area contributed by atoms with Gasteiger partial charge in [0, 0.05) is 17.5 Å². The number of halogens is 5. The van der Waals surface area contributed by atoms with E-state index in [9.17, 15) is 13.2 Å². The third kappa shape index (κ3) is 7.17. The van der Waals surface area contributed by atoms with Gasteiger partial charge in [0.2, 0.25) is 11.5 Å². The Hall–Kier alpha value is 0.530. The Morgan fingerprint density at radius 1 is 0.846 bits per heavy atom. The molecule has 26 heavy (non-hydrogen) atoms. The zero-order chi connectivity index (χ0) is 19.7. The van der Waals surface area contributed by atoms with Crippen LogP contribution >= 0.6 is 57.0 Å². The van der Waals surface area contributed by atoms with Crippen LogP contribution in [0.3, 0.4) is 0 Å². The van der Waals surface area contributed by atoms with Crippen molar-refractivity contribution in [1.29, 1.82) is 0 Å². The fraction of sp³-hybridized carbons (Fsp3) is 0.600. The SMILES string of the molecule is COc1c(OPI)c(C)c(CCCCCC(F)(F)F)c(OPI)c1OC. The Morgan fingerprint density at radius 2 is 1.38 bits per heavy atom. The largest absolute Gasteiger partial charge is 0.490 e. The molecule has 0 bridgehead atoms. The smallest absolute Gasteiger partial charge is 0.389 e. The van der Waals surface area contributed by atoms with Gasteiger partial charge >= 0.3 is 6.18 Å². The normalized spacial score (nSPS) is 12.3. The quantitative estimate of drug-likeness (QED) is 0.145. The van der Waals surface area contributed by atoms with Gasteiger partial charge in [-0.1, -0.05) is 6.42 Å². The minimum absolute atomic E-state index is 0.124. The summed E-state index contributed by atoms with van der Waals surface area (Å²) in [6.45, 7) is 2.26. The van der Waals surface area contributed by atoms with Crippen molar-refractivity contribution in [2.45, 2.75) is 45.2 Å². The number of rotatable bonds is 11. The van der Waals surface area contributed by atoms with Crippen LogP contribution < -0.4 is 18.5 Å².